The van der Waals surface area contributed by atoms with Crippen molar-refractivity contribution >= 4 is 40.5 Å². The number of piperazine rings is 1. The Morgan fingerprint density at radius 1 is 1.06 bits per heavy atom. The number of carbonyl (C=O) groups is 1. The van der Waals surface area contributed by atoms with E-state index in [1.54, 1.807) is 0 Å². The lowest BCUT2D eigenvalue weighted by molar-refractivity contribution is 0.124. The van der Waals surface area contributed by atoms with E-state index in [0.29, 0.717) is 24.3 Å². The average molecular weight is 517 g/mol. The fraction of sp³-hybridized carbons (Fsp3) is 0.577. The number of amides is 2. The predicted octanol–water partition coefficient (Wildman–Crippen LogP) is 3.89. The number of H-pyrrole nitrogens is 2. The summed E-state index contributed by atoms with van der Waals surface area (Å²) in [4.78, 5) is 38.4. The lowest BCUT2D eigenvalue weighted by Crippen LogP contribution is -2.52. The normalized spacial score (nSPS) is 17.6. The van der Waals surface area contributed by atoms with Crippen LogP contribution >= 0.6 is 12.4 Å². The van der Waals surface area contributed by atoms with E-state index in [4.69, 9.17) is 4.74 Å². The number of benzene rings is 1. The summed E-state index contributed by atoms with van der Waals surface area (Å²) in [6.07, 6.45) is 9.04. The van der Waals surface area contributed by atoms with E-state index >= 15 is 0 Å². The van der Waals surface area contributed by atoms with Crippen molar-refractivity contribution in [3.63, 3.8) is 0 Å². The second-order valence-electron chi connectivity index (χ2n) is 9.90. The van der Waals surface area contributed by atoms with Gasteiger partial charge in [0.2, 0.25) is 0 Å². The van der Waals surface area contributed by atoms with Crippen LogP contribution in [0.2, 0.25) is 0 Å². The fourth-order valence-electron chi connectivity index (χ4n) is 5.31. The highest BCUT2D eigenvalue weighted by atomic mass is 35.5. The van der Waals surface area contributed by atoms with Gasteiger partial charge in [-0.05, 0) is 49.4 Å². The molecule has 1 aliphatic heterocycles. The van der Waals surface area contributed by atoms with Gasteiger partial charge in [0.25, 0.3) is 0 Å². The van der Waals surface area contributed by atoms with Gasteiger partial charge in [0.05, 0.1) is 17.6 Å². The number of hydrogen-bond acceptors (Lipinski definition) is 5. The number of imidazole rings is 1. The van der Waals surface area contributed by atoms with E-state index < -0.39 is 0 Å². The Hall–Kier alpha value is -2.78. The van der Waals surface area contributed by atoms with Gasteiger partial charge in [-0.2, -0.15) is 0 Å². The summed E-state index contributed by atoms with van der Waals surface area (Å²) in [7, 11) is 0. The number of nitrogens with zero attached hydrogens (tertiary/aromatic N) is 3. The Kier molecular flexibility index (Phi) is 9.09. The van der Waals surface area contributed by atoms with Crippen LogP contribution in [0.4, 0.5) is 4.79 Å². The standard InChI is InChI=1S/C26H36N6O3.ClH/c33-25-29-23-17-20-16-21(8-9-22(20)28-24(23)30-25)35-15-5-10-27-26(34)32-13-11-31(12-14-32)18-19-6-3-1-2-4-7-19;/h8-9,16-17,19H,1-7,10-15,18H2,(H,27,34)(H2,28,29,30,33);1H. The number of aromatic amines is 2. The summed E-state index contributed by atoms with van der Waals surface area (Å²) in [6, 6.07) is 7.59. The molecular weight excluding hydrogens is 480 g/mol. The monoisotopic (exact) mass is 516 g/mol. The first-order chi connectivity index (χ1) is 17.1. The number of pyridine rings is 1. The van der Waals surface area contributed by atoms with Gasteiger partial charge in [-0.3, -0.25) is 9.88 Å². The first-order valence-corrected chi connectivity index (χ1v) is 13.0. The molecule has 1 saturated carbocycles. The summed E-state index contributed by atoms with van der Waals surface area (Å²) in [6.45, 7) is 5.87. The lowest BCUT2D eigenvalue weighted by Gasteiger charge is -2.36. The predicted molar refractivity (Wildman–Crippen MR) is 144 cm³/mol. The Labute approximate surface area is 217 Å². The number of urea groups is 1. The zero-order chi connectivity index (χ0) is 24.0. The maximum atomic E-state index is 12.5. The van der Waals surface area contributed by atoms with Crippen molar-refractivity contribution in [2.75, 3.05) is 45.9 Å². The summed E-state index contributed by atoms with van der Waals surface area (Å²) in [5.41, 5.74) is 1.75. The maximum Gasteiger partial charge on any atom is 0.325 e. The minimum absolute atomic E-state index is 0. The molecule has 2 fully saturated rings. The molecule has 1 aliphatic carbocycles. The molecule has 0 unspecified atom stereocenters. The quantitative estimate of drug-likeness (QED) is 0.326. The average Bonchev–Trinajstić information content (AvgIpc) is 3.04. The van der Waals surface area contributed by atoms with Crippen molar-refractivity contribution in [2.24, 2.45) is 5.92 Å². The van der Waals surface area contributed by atoms with Crippen molar-refractivity contribution in [1.82, 2.24) is 30.1 Å². The molecule has 0 bridgehead atoms. The molecule has 0 spiro atoms. The van der Waals surface area contributed by atoms with Crippen molar-refractivity contribution in [3.05, 3.63) is 34.7 Å². The first-order valence-electron chi connectivity index (χ1n) is 13.0. The van der Waals surface area contributed by atoms with Gasteiger partial charge in [0, 0.05) is 44.7 Å². The first kappa shape index (κ1) is 26.3. The maximum absolute atomic E-state index is 12.5. The number of fused-ring (bicyclic) bond motifs is 2. The molecule has 9 nitrogen and oxygen atoms in total. The van der Waals surface area contributed by atoms with E-state index in [9.17, 15) is 9.59 Å². The highest BCUT2D eigenvalue weighted by Crippen LogP contribution is 2.24. The third kappa shape index (κ3) is 6.70. The molecule has 3 aromatic rings. The topological polar surface area (TPSA) is 106 Å². The van der Waals surface area contributed by atoms with E-state index in [0.717, 1.165) is 55.2 Å². The molecule has 0 radical (unpaired) electrons. The Morgan fingerprint density at radius 3 is 2.61 bits per heavy atom. The molecular formula is C26H37ClN6O3. The number of hydrogen-bond donors (Lipinski definition) is 3. The number of carbonyl (C=O) groups excluding carboxylic acids is 1. The Bertz CT molecular complexity index is 1200. The Morgan fingerprint density at radius 2 is 1.83 bits per heavy atom. The number of halogens is 1. The van der Waals surface area contributed by atoms with Gasteiger partial charge in [-0.1, -0.05) is 25.7 Å². The minimum atomic E-state index is -0.266. The van der Waals surface area contributed by atoms with Gasteiger partial charge < -0.3 is 19.9 Å². The molecule has 36 heavy (non-hydrogen) atoms. The number of ether oxygens (including phenoxy) is 1. The molecule has 196 valence electrons. The van der Waals surface area contributed by atoms with Crippen LogP contribution in [0, 0.1) is 5.92 Å². The highest BCUT2D eigenvalue weighted by molar-refractivity contribution is 5.90. The highest BCUT2D eigenvalue weighted by Gasteiger charge is 2.23. The van der Waals surface area contributed by atoms with Crippen LogP contribution in [-0.4, -0.2) is 76.7 Å². The van der Waals surface area contributed by atoms with Crippen molar-refractivity contribution < 1.29 is 9.53 Å². The van der Waals surface area contributed by atoms with Gasteiger partial charge in [-0.25, -0.2) is 14.6 Å². The van der Waals surface area contributed by atoms with Crippen LogP contribution in [0.25, 0.3) is 22.1 Å². The van der Waals surface area contributed by atoms with Crippen LogP contribution in [0.5, 0.6) is 5.75 Å². The zero-order valence-corrected chi connectivity index (χ0v) is 21.6. The van der Waals surface area contributed by atoms with Crippen molar-refractivity contribution in [2.45, 2.75) is 44.9 Å². The molecule has 3 heterocycles. The summed E-state index contributed by atoms with van der Waals surface area (Å²) < 4.78 is 5.87. The molecule has 1 saturated heterocycles. The summed E-state index contributed by atoms with van der Waals surface area (Å²) in [5.74, 6) is 1.59. The van der Waals surface area contributed by atoms with Gasteiger partial charge in [0.15, 0.2) is 5.65 Å². The molecule has 2 aliphatic rings. The fourth-order valence-corrected chi connectivity index (χ4v) is 5.31. The summed E-state index contributed by atoms with van der Waals surface area (Å²) in [5, 5.41) is 3.94. The van der Waals surface area contributed by atoms with Crippen molar-refractivity contribution in [1.29, 1.82) is 0 Å². The second-order valence-corrected chi connectivity index (χ2v) is 9.90. The Balaban J connectivity index is 0.00000304. The number of nitrogens with one attached hydrogen (secondary N) is 3. The van der Waals surface area contributed by atoms with Gasteiger partial charge in [-0.15, -0.1) is 12.4 Å². The molecule has 5 rings (SSSR count). The van der Waals surface area contributed by atoms with Gasteiger partial charge >= 0.3 is 11.7 Å². The number of rotatable bonds is 7. The van der Waals surface area contributed by atoms with E-state index in [1.807, 2.05) is 29.2 Å². The van der Waals surface area contributed by atoms with E-state index in [2.05, 4.69) is 25.2 Å². The zero-order valence-electron chi connectivity index (χ0n) is 20.8. The smallest absolute Gasteiger partial charge is 0.325 e. The van der Waals surface area contributed by atoms with Crippen LogP contribution in [0.1, 0.15) is 44.9 Å². The second kappa shape index (κ2) is 12.5. The third-order valence-corrected chi connectivity index (χ3v) is 7.28. The largest absolute Gasteiger partial charge is 0.494 e. The third-order valence-electron chi connectivity index (χ3n) is 7.28. The molecule has 0 atom stereocenters. The van der Waals surface area contributed by atoms with Crippen LogP contribution in [0.15, 0.2) is 29.1 Å². The van der Waals surface area contributed by atoms with E-state index in [-0.39, 0.29) is 24.1 Å². The van der Waals surface area contributed by atoms with E-state index in [1.165, 1.54) is 45.1 Å². The summed E-state index contributed by atoms with van der Waals surface area (Å²) >= 11 is 0. The molecule has 2 amide bonds. The molecule has 10 heteroatoms. The minimum Gasteiger partial charge on any atom is -0.494 e. The lowest BCUT2D eigenvalue weighted by atomic mass is 9.99. The van der Waals surface area contributed by atoms with Gasteiger partial charge in [0.1, 0.15) is 5.75 Å². The molecule has 2 aromatic heterocycles. The van der Waals surface area contributed by atoms with Crippen molar-refractivity contribution in [3.8, 4) is 5.75 Å². The van der Waals surface area contributed by atoms with Crippen LogP contribution < -0.4 is 15.7 Å². The number of aromatic nitrogens is 3. The molecule has 3 N–H and O–H groups in total. The SMILES string of the molecule is Cl.O=C(NCCCOc1ccc2nc3[nH]c(=O)[nH]c3cc2c1)N1CCN(CC2CCCCCC2)CC1. The van der Waals surface area contributed by atoms with Crippen LogP contribution in [-0.2, 0) is 0 Å². The molecule has 1 aromatic carbocycles. The van der Waals surface area contributed by atoms with Crippen LogP contribution in [0.3, 0.4) is 0 Å².